The summed E-state index contributed by atoms with van der Waals surface area (Å²) in [5.41, 5.74) is 1.61. The Hall–Kier alpha value is -3.42. The maximum atomic E-state index is 13.2. The first-order chi connectivity index (χ1) is 15.9. The van der Waals surface area contributed by atoms with Gasteiger partial charge in [0.15, 0.2) is 5.54 Å². The van der Waals surface area contributed by atoms with E-state index in [1.807, 2.05) is 53.4 Å². The Morgan fingerprint density at radius 1 is 1.12 bits per heavy atom. The van der Waals surface area contributed by atoms with E-state index < -0.39 is 17.5 Å². The third-order valence-corrected chi connectivity index (χ3v) is 7.07. The molecular weight excluding hydrogens is 442 g/mol. The van der Waals surface area contributed by atoms with Crippen molar-refractivity contribution < 1.29 is 14.5 Å². The van der Waals surface area contributed by atoms with Crippen molar-refractivity contribution in [2.24, 2.45) is 0 Å². The smallest absolute Gasteiger partial charge is 0.256 e. The molecule has 0 unspecified atom stereocenters. The number of ether oxygens (including phenoxy) is 1. The summed E-state index contributed by atoms with van der Waals surface area (Å²) < 4.78 is 5.85. The normalized spacial score (nSPS) is 24.0. The van der Waals surface area contributed by atoms with Gasteiger partial charge in [0.25, 0.3) is 11.9 Å². The summed E-state index contributed by atoms with van der Waals surface area (Å²) in [5, 5.41) is 15.9. The van der Waals surface area contributed by atoms with E-state index in [2.05, 4.69) is 5.32 Å². The Morgan fingerprint density at radius 3 is 2.55 bits per heavy atom. The monoisotopic (exact) mass is 463 g/mol. The molecule has 1 fully saturated rings. The number of anilines is 1. The fourth-order valence-corrected chi connectivity index (χ4v) is 5.36. The van der Waals surface area contributed by atoms with Gasteiger partial charge in [-0.3, -0.25) is 19.8 Å². The first kappa shape index (κ1) is 21.4. The highest BCUT2D eigenvalue weighted by Gasteiger charge is 2.68. The van der Waals surface area contributed by atoms with E-state index in [4.69, 9.17) is 16.3 Å². The van der Waals surface area contributed by atoms with Crippen molar-refractivity contribution in [1.29, 1.82) is 0 Å². The van der Waals surface area contributed by atoms with Crippen LogP contribution in [-0.2, 0) is 16.9 Å². The number of hydrogen-bond acceptors (Lipinski definition) is 5. The zero-order chi connectivity index (χ0) is 23.2. The molecule has 3 aromatic rings. The fraction of sp³-hybridized carbons (Fsp3) is 0.240. The molecule has 0 aromatic heterocycles. The van der Waals surface area contributed by atoms with Crippen LogP contribution in [0, 0.1) is 10.1 Å². The molecule has 0 bridgehead atoms. The Morgan fingerprint density at radius 2 is 1.82 bits per heavy atom. The van der Waals surface area contributed by atoms with E-state index in [0.717, 1.165) is 11.1 Å². The highest BCUT2D eigenvalue weighted by molar-refractivity contribution is 6.31. The van der Waals surface area contributed by atoms with Gasteiger partial charge in [-0.25, -0.2) is 0 Å². The minimum Gasteiger partial charge on any atom is -0.489 e. The van der Waals surface area contributed by atoms with Crippen molar-refractivity contribution in [1.82, 2.24) is 4.90 Å². The maximum Gasteiger partial charge on any atom is 0.256 e. The van der Waals surface area contributed by atoms with Crippen LogP contribution in [0.25, 0.3) is 0 Å². The van der Waals surface area contributed by atoms with Crippen LogP contribution in [0.5, 0.6) is 5.75 Å². The highest BCUT2D eigenvalue weighted by atomic mass is 35.5. The van der Waals surface area contributed by atoms with Crippen molar-refractivity contribution in [3.8, 4) is 5.75 Å². The van der Waals surface area contributed by atoms with E-state index in [1.54, 1.807) is 31.3 Å². The molecule has 3 aromatic carbocycles. The molecule has 0 saturated carbocycles. The molecule has 2 aliphatic rings. The van der Waals surface area contributed by atoms with Gasteiger partial charge in [0.2, 0.25) is 0 Å². The van der Waals surface area contributed by atoms with Crippen molar-refractivity contribution in [3.05, 3.63) is 105 Å². The molecule has 168 valence electrons. The molecule has 1 N–H and O–H groups in total. The number of likely N-dealkylation sites (N-methyl/N-ethyl adjacent to an activating group) is 1. The highest BCUT2D eigenvalue weighted by Crippen LogP contribution is 2.51. The molecule has 33 heavy (non-hydrogen) atoms. The number of benzene rings is 3. The van der Waals surface area contributed by atoms with Gasteiger partial charge in [-0.2, -0.15) is 0 Å². The number of likely N-dealkylation sites (tertiary alicyclic amines) is 1. The number of halogens is 1. The molecule has 8 heteroatoms. The number of hydrogen-bond donors (Lipinski definition) is 1. The first-order valence-electron chi connectivity index (χ1n) is 10.6. The Bertz CT molecular complexity index is 1230. The number of amides is 1. The Labute approximate surface area is 196 Å². The molecule has 2 heterocycles. The van der Waals surface area contributed by atoms with Crippen LogP contribution in [0.1, 0.15) is 22.6 Å². The predicted molar refractivity (Wildman–Crippen MR) is 125 cm³/mol. The summed E-state index contributed by atoms with van der Waals surface area (Å²) in [5.74, 6) is -0.170. The Kier molecular flexibility index (Phi) is 5.31. The van der Waals surface area contributed by atoms with Gasteiger partial charge in [0.1, 0.15) is 12.4 Å². The minimum absolute atomic E-state index is 0.308. The van der Waals surface area contributed by atoms with E-state index in [-0.39, 0.29) is 10.8 Å². The van der Waals surface area contributed by atoms with E-state index in [1.165, 1.54) is 0 Å². The molecule has 1 amide bonds. The van der Waals surface area contributed by atoms with Gasteiger partial charge in [-0.05, 0) is 36.9 Å². The molecule has 5 rings (SSSR count). The van der Waals surface area contributed by atoms with Crippen molar-refractivity contribution in [3.63, 3.8) is 0 Å². The zero-order valence-electron chi connectivity index (χ0n) is 17.9. The predicted octanol–water partition coefficient (Wildman–Crippen LogP) is 4.44. The second-order valence-electron chi connectivity index (χ2n) is 8.43. The third-order valence-electron chi connectivity index (χ3n) is 6.70. The van der Waals surface area contributed by atoms with Gasteiger partial charge >= 0.3 is 0 Å². The molecule has 0 aliphatic carbocycles. The summed E-state index contributed by atoms with van der Waals surface area (Å²) in [4.78, 5) is 27.0. The summed E-state index contributed by atoms with van der Waals surface area (Å²) in [6, 6.07) is 20.8. The van der Waals surface area contributed by atoms with Crippen molar-refractivity contribution in [2.45, 2.75) is 24.1 Å². The quantitative estimate of drug-likeness (QED) is 0.446. The Balaban J connectivity index is 1.43. The van der Waals surface area contributed by atoms with Crippen molar-refractivity contribution >= 4 is 23.2 Å². The van der Waals surface area contributed by atoms with Gasteiger partial charge in [0.05, 0.1) is 5.92 Å². The number of fused-ring (bicyclic) bond motifs is 2. The van der Waals surface area contributed by atoms with Gasteiger partial charge in [-0.1, -0.05) is 60.1 Å². The molecule has 1 saturated heterocycles. The van der Waals surface area contributed by atoms with E-state index in [9.17, 15) is 14.9 Å². The second-order valence-corrected chi connectivity index (χ2v) is 8.84. The van der Waals surface area contributed by atoms with Crippen LogP contribution in [0.2, 0.25) is 5.02 Å². The number of rotatable bonds is 5. The minimum atomic E-state index is -1.34. The van der Waals surface area contributed by atoms with Gasteiger partial charge < -0.3 is 10.1 Å². The average molecular weight is 464 g/mol. The summed E-state index contributed by atoms with van der Waals surface area (Å²) in [6.45, 7) is 0.704. The van der Waals surface area contributed by atoms with E-state index >= 15 is 0 Å². The van der Waals surface area contributed by atoms with Crippen LogP contribution in [0.15, 0.2) is 72.8 Å². The SMILES string of the molecule is CN1C[C@H](c2ccc(OCc3ccccc3Cl)cc2)[C@H]([N+](=O)[O-])[C@@]12C(=O)Nc1ccccc12. The van der Waals surface area contributed by atoms with Crippen LogP contribution in [0.3, 0.4) is 0 Å². The lowest BCUT2D eigenvalue weighted by atomic mass is 9.79. The first-order valence-corrected chi connectivity index (χ1v) is 11.0. The lowest BCUT2D eigenvalue weighted by Crippen LogP contribution is -2.54. The largest absolute Gasteiger partial charge is 0.489 e. The van der Waals surface area contributed by atoms with E-state index in [0.29, 0.717) is 35.2 Å². The van der Waals surface area contributed by atoms with Crippen LogP contribution in [0.4, 0.5) is 5.69 Å². The third kappa shape index (κ3) is 3.35. The fourth-order valence-electron chi connectivity index (χ4n) is 5.17. The number of para-hydroxylation sites is 1. The molecule has 3 atom stereocenters. The average Bonchev–Trinajstić information content (AvgIpc) is 3.29. The summed E-state index contributed by atoms with van der Waals surface area (Å²) in [6.07, 6.45) is 0. The lowest BCUT2D eigenvalue weighted by Gasteiger charge is -2.30. The number of nitro groups is 1. The topological polar surface area (TPSA) is 84.7 Å². The maximum absolute atomic E-state index is 13.2. The number of carbonyl (C=O) groups excluding carboxylic acids is 1. The molecule has 7 nitrogen and oxygen atoms in total. The summed E-state index contributed by atoms with van der Waals surface area (Å²) in [7, 11) is 1.78. The molecule has 0 radical (unpaired) electrons. The van der Waals surface area contributed by atoms with Crippen LogP contribution >= 0.6 is 11.6 Å². The molecule has 1 spiro atoms. The number of carbonyl (C=O) groups is 1. The summed E-state index contributed by atoms with van der Waals surface area (Å²) >= 11 is 6.19. The van der Waals surface area contributed by atoms with Gasteiger partial charge in [0, 0.05) is 33.3 Å². The number of nitrogens with zero attached hydrogens (tertiary/aromatic N) is 2. The molecule has 2 aliphatic heterocycles. The lowest BCUT2D eigenvalue weighted by molar-refractivity contribution is -0.534. The molecular formula is C25H22ClN3O4. The van der Waals surface area contributed by atoms with Crippen LogP contribution < -0.4 is 10.1 Å². The van der Waals surface area contributed by atoms with Crippen LogP contribution in [-0.4, -0.2) is 35.4 Å². The zero-order valence-corrected chi connectivity index (χ0v) is 18.7. The number of nitrogens with one attached hydrogen (secondary N) is 1. The standard InChI is InChI=1S/C25H22ClN3O4/c1-28-14-19(16-10-12-18(13-11-16)33-15-17-6-2-4-8-21(17)26)23(29(31)32)25(28)20-7-3-5-9-22(20)27-24(25)30/h2-13,19,23H,14-15H2,1H3,(H,27,30)/t19-,23+,25+/m1/s1. The second kappa shape index (κ2) is 8.17. The van der Waals surface area contributed by atoms with Gasteiger partial charge in [-0.15, -0.1) is 0 Å². The van der Waals surface area contributed by atoms with Crippen molar-refractivity contribution in [2.75, 3.05) is 18.9 Å².